The normalized spacial score (nSPS) is 11.6. The van der Waals surface area contributed by atoms with E-state index in [1.54, 1.807) is 55.6 Å². The Balaban J connectivity index is 1.28. The van der Waals surface area contributed by atoms with Crippen LogP contribution < -0.4 is 20.7 Å². The second kappa shape index (κ2) is 10.6. The van der Waals surface area contributed by atoms with Gasteiger partial charge in [0, 0.05) is 23.0 Å². The number of methoxy groups -OCH3 is 1. The highest BCUT2D eigenvalue weighted by Gasteiger charge is 2.10. The highest BCUT2D eigenvalue weighted by molar-refractivity contribution is 6.04. The molecule has 0 aromatic heterocycles. The molecule has 172 valence electrons. The first kappa shape index (κ1) is 23.0. The quantitative estimate of drug-likeness (QED) is 0.334. The minimum absolute atomic E-state index is 0.0272. The molecule has 0 aliphatic rings. The summed E-state index contributed by atoms with van der Waals surface area (Å²) in [6.45, 7) is 2.21. The van der Waals surface area contributed by atoms with Crippen LogP contribution in [0, 0.1) is 0 Å². The molecule has 0 saturated carbocycles. The third-order valence-electron chi connectivity index (χ3n) is 5.62. The maximum Gasteiger partial charge on any atom is 0.255 e. The molecule has 0 radical (unpaired) electrons. The van der Waals surface area contributed by atoms with E-state index in [4.69, 9.17) is 4.74 Å². The zero-order valence-electron chi connectivity index (χ0n) is 19.2. The number of anilines is 2. The fraction of sp³-hybridized carbons (Fsp3) is 0.143. The Hall–Kier alpha value is -4.16. The van der Waals surface area contributed by atoms with Crippen molar-refractivity contribution >= 4 is 34.0 Å². The van der Waals surface area contributed by atoms with E-state index < -0.39 is 0 Å². The molecule has 0 saturated heterocycles. The molecule has 4 aromatic rings. The van der Waals surface area contributed by atoms with Crippen LogP contribution in [0.5, 0.6) is 5.75 Å². The van der Waals surface area contributed by atoms with Crippen LogP contribution in [0.3, 0.4) is 0 Å². The number of amides is 2. The Bertz CT molecular complexity index is 1280. The molecule has 3 N–H and O–H groups in total. The van der Waals surface area contributed by atoms with E-state index in [2.05, 4.69) is 46.3 Å². The largest absolute Gasteiger partial charge is 0.497 e. The lowest BCUT2D eigenvalue weighted by atomic mass is 10.0. The van der Waals surface area contributed by atoms with Crippen molar-refractivity contribution in [2.45, 2.75) is 13.0 Å². The summed E-state index contributed by atoms with van der Waals surface area (Å²) in [5.74, 6) is 0.344. The lowest BCUT2D eigenvalue weighted by molar-refractivity contribution is -0.115. The number of ether oxygens (including phenoxy) is 1. The summed E-state index contributed by atoms with van der Waals surface area (Å²) >= 11 is 0. The van der Waals surface area contributed by atoms with Gasteiger partial charge in [-0.05, 0) is 77.9 Å². The molecule has 2 amide bonds. The molecule has 0 heterocycles. The third-order valence-corrected chi connectivity index (χ3v) is 5.62. The van der Waals surface area contributed by atoms with Crippen molar-refractivity contribution in [3.8, 4) is 5.75 Å². The summed E-state index contributed by atoms with van der Waals surface area (Å²) < 4.78 is 5.12. The standard InChI is InChI=1S/C28H27N3O3/c1-19(22-8-7-20-5-3-4-6-23(20)17-22)29-18-27(32)30-24-11-9-21(10-12-24)28(33)31-25-13-15-26(34-2)16-14-25/h3-17,19,29H,18H2,1-2H3,(H,30,32)(H,31,33)/t19-/m0/s1. The average Bonchev–Trinajstić information content (AvgIpc) is 2.87. The van der Waals surface area contributed by atoms with Gasteiger partial charge in [0.15, 0.2) is 0 Å². The third kappa shape index (κ3) is 5.79. The molecule has 4 rings (SSSR count). The minimum atomic E-state index is -0.228. The fourth-order valence-electron chi connectivity index (χ4n) is 3.63. The van der Waals surface area contributed by atoms with Gasteiger partial charge in [-0.1, -0.05) is 36.4 Å². The van der Waals surface area contributed by atoms with Crippen molar-refractivity contribution < 1.29 is 14.3 Å². The lowest BCUT2D eigenvalue weighted by Gasteiger charge is -2.15. The maximum atomic E-state index is 12.5. The van der Waals surface area contributed by atoms with Gasteiger partial charge in [-0.15, -0.1) is 0 Å². The summed E-state index contributed by atoms with van der Waals surface area (Å²) in [5, 5.41) is 11.3. The first-order chi connectivity index (χ1) is 16.5. The number of rotatable bonds is 8. The topological polar surface area (TPSA) is 79.5 Å². The SMILES string of the molecule is COc1ccc(NC(=O)c2ccc(NC(=O)CN[C@@H](C)c3ccc4ccccc4c3)cc2)cc1. The summed E-state index contributed by atoms with van der Waals surface area (Å²) in [6, 6.07) is 28.4. The lowest BCUT2D eigenvalue weighted by Crippen LogP contribution is -2.30. The molecular formula is C28H27N3O3. The first-order valence-corrected chi connectivity index (χ1v) is 11.1. The summed E-state index contributed by atoms with van der Waals surface area (Å²) in [7, 11) is 1.59. The average molecular weight is 454 g/mol. The van der Waals surface area contributed by atoms with Gasteiger partial charge in [0.2, 0.25) is 5.91 Å². The molecule has 1 atom stereocenters. The van der Waals surface area contributed by atoms with E-state index in [-0.39, 0.29) is 24.4 Å². The minimum Gasteiger partial charge on any atom is -0.497 e. The maximum absolute atomic E-state index is 12.5. The second-order valence-corrected chi connectivity index (χ2v) is 8.02. The Morgan fingerprint density at radius 2 is 1.44 bits per heavy atom. The number of benzene rings is 4. The Kier molecular flexibility index (Phi) is 7.20. The van der Waals surface area contributed by atoms with Gasteiger partial charge in [-0.2, -0.15) is 0 Å². The predicted octanol–water partition coefficient (Wildman–Crippen LogP) is 5.39. The van der Waals surface area contributed by atoms with Crippen LogP contribution in [0.2, 0.25) is 0 Å². The highest BCUT2D eigenvalue weighted by atomic mass is 16.5. The zero-order valence-corrected chi connectivity index (χ0v) is 19.2. The van der Waals surface area contributed by atoms with Crippen LogP contribution in [0.15, 0.2) is 91.0 Å². The van der Waals surface area contributed by atoms with Crippen LogP contribution in [0.1, 0.15) is 28.9 Å². The molecule has 6 nitrogen and oxygen atoms in total. The van der Waals surface area contributed by atoms with Crippen LogP contribution in [-0.4, -0.2) is 25.5 Å². The molecule has 0 bridgehead atoms. The molecule has 0 fully saturated rings. The Labute approximate surface area is 199 Å². The molecule has 6 heteroatoms. The molecule has 0 unspecified atom stereocenters. The van der Waals surface area contributed by atoms with Crippen molar-refractivity contribution in [3.05, 3.63) is 102 Å². The van der Waals surface area contributed by atoms with Crippen LogP contribution >= 0.6 is 0 Å². The zero-order chi connectivity index (χ0) is 23.9. The van der Waals surface area contributed by atoms with Crippen LogP contribution in [0.25, 0.3) is 10.8 Å². The summed E-state index contributed by atoms with van der Waals surface area (Å²) in [5.41, 5.74) is 2.93. The van der Waals surface area contributed by atoms with Gasteiger partial charge in [-0.25, -0.2) is 0 Å². The number of nitrogens with one attached hydrogen (secondary N) is 3. The van der Waals surface area contributed by atoms with Gasteiger partial charge in [0.1, 0.15) is 5.75 Å². The van der Waals surface area contributed by atoms with Gasteiger partial charge in [0.05, 0.1) is 13.7 Å². The van der Waals surface area contributed by atoms with Crippen LogP contribution in [0.4, 0.5) is 11.4 Å². The van der Waals surface area contributed by atoms with E-state index >= 15 is 0 Å². The molecular weight excluding hydrogens is 426 g/mol. The van der Waals surface area contributed by atoms with Crippen molar-refractivity contribution in [2.75, 3.05) is 24.3 Å². The summed E-state index contributed by atoms with van der Waals surface area (Å²) in [6.07, 6.45) is 0. The number of carbonyl (C=O) groups is 2. The first-order valence-electron chi connectivity index (χ1n) is 11.1. The van der Waals surface area contributed by atoms with Crippen molar-refractivity contribution in [1.82, 2.24) is 5.32 Å². The Morgan fingerprint density at radius 3 is 2.15 bits per heavy atom. The van der Waals surface area contributed by atoms with Crippen molar-refractivity contribution in [1.29, 1.82) is 0 Å². The molecule has 0 aliphatic heterocycles. The van der Waals surface area contributed by atoms with E-state index in [1.165, 1.54) is 10.8 Å². The van der Waals surface area contributed by atoms with Gasteiger partial charge < -0.3 is 20.7 Å². The monoisotopic (exact) mass is 453 g/mol. The smallest absolute Gasteiger partial charge is 0.255 e. The number of carbonyl (C=O) groups excluding carboxylic acids is 2. The van der Waals surface area contributed by atoms with E-state index in [1.807, 2.05) is 19.1 Å². The molecule has 0 aliphatic carbocycles. The van der Waals surface area contributed by atoms with E-state index in [9.17, 15) is 9.59 Å². The molecule has 4 aromatic carbocycles. The summed E-state index contributed by atoms with van der Waals surface area (Å²) in [4.78, 5) is 24.9. The van der Waals surface area contributed by atoms with Gasteiger partial charge in [0.25, 0.3) is 5.91 Å². The fourth-order valence-corrected chi connectivity index (χ4v) is 3.63. The molecule has 0 spiro atoms. The van der Waals surface area contributed by atoms with E-state index in [0.29, 0.717) is 16.9 Å². The number of hydrogen-bond donors (Lipinski definition) is 3. The number of fused-ring (bicyclic) bond motifs is 1. The predicted molar refractivity (Wildman–Crippen MR) is 136 cm³/mol. The highest BCUT2D eigenvalue weighted by Crippen LogP contribution is 2.20. The van der Waals surface area contributed by atoms with E-state index in [0.717, 1.165) is 11.3 Å². The Morgan fingerprint density at radius 1 is 0.794 bits per heavy atom. The number of hydrogen-bond acceptors (Lipinski definition) is 4. The van der Waals surface area contributed by atoms with Gasteiger partial charge in [-0.3, -0.25) is 9.59 Å². The van der Waals surface area contributed by atoms with Crippen LogP contribution in [-0.2, 0) is 4.79 Å². The van der Waals surface area contributed by atoms with Crippen molar-refractivity contribution in [2.24, 2.45) is 0 Å². The van der Waals surface area contributed by atoms with Gasteiger partial charge >= 0.3 is 0 Å². The van der Waals surface area contributed by atoms with Crippen molar-refractivity contribution in [3.63, 3.8) is 0 Å². The second-order valence-electron chi connectivity index (χ2n) is 8.02. The molecule has 34 heavy (non-hydrogen) atoms.